The zero-order valence-corrected chi connectivity index (χ0v) is 56.5. The summed E-state index contributed by atoms with van der Waals surface area (Å²) in [5.41, 5.74) is 1.19. The lowest BCUT2D eigenvalue weighted by Crippen LogP contribution is -2.57. The molecule has 2 aromatic heterocycles. The maximum atomic E-state index is 14.4. The van der Waals surface area contributed by atoms with Gasteiger partial charge in [0.2, 0.25) is 36.4 Å². The van der Waals surface area contributed by atoms with Crippen LogP contribution in [-0.2, 0) is 43.0 Å². The first-order valence-electron chi connectivity index (χ1n) is 33.5. The average molecular weight is 1380 g/mol. The summed E-state index contributed by atoms with van der Waals surface area (Å²) < 4.78 is 84.1. The number of aromatic nitrogens is 4. The van der Waals surface area contributed by atoms with Crippen LogP contribution >= 0.6 is 0 Å². The summed E-state index contributed by atoms with van der Waals surface area (Å²) in [6.45, 7) is 12.0. The fourth-order valence-corrected chi connectivity index (χ4v) is 13.6. The van der Waals surface area contributed by atoms with Crippen LogP contribution in [0.4, 0.5) is 27.2 Å². The fraction of sp³-hybridized carbons (Fsp3) is 0.459. The van der Waals surface area contributed by atoms with E-state index in [9.17, 15) is 61.0 Å². The Morgan fingerprint density at radius 2 is 0.990 bits per heavy atom. The normalized spacial score (nSPS) is 26.2. The third kappa shape index (κ3) is 15.6. The number of alkyl carbamates (subject to hydrolysis) is 2. The maximum absolute atomic E-state index is 14.4. The molecule has 4 fully saturated rings. The molecular weight excluding hydrogens is 1300 g/mol. The molecule has 22 nitrogen and oxygen atoms in total. The van der Waals surface area contributed by atoms with Crippen molar-refractivity contribution >= 4 is 81.7 Å². The molecule has 2 saturated heterocycles. The van der Waals surface area contributed by atoms with E-state index >= 15 is 0 Å². The number of nitrogens with zero attached hydrogens (tertiary/aromatic N) is 6. The van der Waals surface area contributed by atoms with Crippen LogP contribution in [0.3, 0.4) is 0 Å². The number of hydrogen-bond acceptors (Lipinski definition) is 17. The van der Waals surface area contributed by atoms with E-state index in [0.29, 0.717) is 51.9 Å². The van der Waals surface area contributed by atoms with E-state index in [2.05, 4.69) is 10.6 Å². The largest absolute Gasteiger partial charge is 0.481 e. The van der Waals surface area contributed by atoms with Crippen LogP contribution in [0.15, 0.2) is 109 Å². The van der Waals surface area contributed by atoms with Gasteiger partial charge >= 0.3 is 24.1 Å². The number of rotatable bonds is 11. The molecule has 2 saturated carbocycles. The standard InChI is InChI=1S/C38H42F2N4O7.C36H38F2N4O7/c1-5-49-35(47)38(19-25(38)32(39)40)20-29(45)28-18-24-21-44(28)34(46)31(37(2,3)4)43-36(48)50-16-9-8-11-22-12-10-13-23(17-22)30-33(51-24)42-27-15-7-6-14-26(27)41-30;1-35(2,3)29-32(44)42-19-22(16-26(42)27(43)18-36(33(45)46)17-23(36)30(37)38)49-31-28(39-24-12-4-5-13-25(24)40-31)21-11-8-10-20(15-21)9-6-7-14-48-34(47)41-29/h6-8,10-15,17,24-25,28,31-32H,5,9,16,18-21H2,1-4H3,(H,43,48);4-6,8-13,15,22-23,26,29-30H,7,14,16-19H2,1-3H3,(H,41,47)(H,45,46)/b11-8+;9-6+/t24-,25+,28+,31-,38-;22-,23+,26+,29-,36-/m11/s1. The summed E-state index contributed by atoms with van der Waals surface area (Å²) in [7, 11) is 0. The molecule has 10 atom stereocenters. The highest BCUT2D eigenvalue weighted by Crippen LogP contribution is 2.60. The Morgan fingerprint density at radius 1 is 0.590 bits per heavy atom. The van der Waals surface area contributed by atoms with Gasteiger partial charge in [-0.05, 0) is 91.0 Å². The number of para-hydroxylation sites is 4. The van der Waals surface area contributed by atoms with E-state index in [1.54, 1.807) is 60.6 Å². The van der Waals surface area contributed by atoms with Crippen molar-refractivity contribution in [2.75, 3.05) is 32.9 Å². The van der Waals surface area contributed by atoms with Crippen molar-refractivity contribution in [3.8, 4) is 34.3 Å². The molecule has 0 spiro atoms. The molecule has 4 amide bonds. The van der Waals surface area contributed by atoms with Crippen molar-refractivity contribution in [2.45, 2.75) is 149 Å². The molecule has 0 radical (unpaired) electrons. The van der Waals surface area contributed by atoms with Gasteiger partial charge < -0.3 is 49.2 Å². The zero-order chi connectivity index (χ0) is 71.6. The first-order valence-corrected chi connectivity index (χ1v) is 33.5. The van der Waals surface area contributed by atoms with Gasteiger partial charge in [-0.15, -0.1) is 0 Å². The minimum atomic E-state index is -2.91. The Labute approximate surface area is 574 Å². The lowest BCUT2D eigenvalue weighted by molar-refractivity contribution is -0.154. The van der Waals surface area contributed by atoms with E-state index < -0.39 is 143 Å². The second-order valence-electron chi connectivity index (χ2n) is 28.4. The minimum absolute atomic E-state index is 0.0130. The number of fused-ring (bicyclic) bond motifs is 14. The van der Waals surface area contributed by atoms with E-state index in [0.717, 1.165) is 16.7 Å². The highest BCUT2D eigenvalue weighted by atomic mass is 19.3. The van der Waals surface area contributed by atoms with E-state index in [1.165, 1.54) is 9.80 Å². The SMILES string of the molecule is CC(C)(C)[C@@H]1NC(=O)OCC/C=C/c2cccc(c2)-c2nc3ccccc3nc2O[C@@H]2C[C@@H](C(=O)C[C@]3(C(=O)O)C[C@H]3C(F)F)N(C2)C1=O.CCOC(=O)[C@@]1(CC(=O)[C@@H]2C[C@@H]3CN2C(=O)[C@H](C(C)(C)C)NC(=O)OCC/C=C/c2cccc(c2)-c2nc4ccccc4nc2O3)C[C@H]1C(F)F. The van der Waals surface area contributed by atoms with E-state index in [1.807, 2.05) is 109 Å². The van der Waals surface area contributed by atoms with Crippen LogP contribution in [0.1, 0.15) is 111 Å². The Balaban J connectivity index is 0.000000202. The van der Waals surface area contributed by atoms with Crippen LogP contribution in [0.5, 0.6) is 11.8 Å². The molecule has 2 aliphatic carbocycles. The van der Waals surface area contributed by atoms with Gasteiger partial charge in [-0.1, -0.05) is 127 Å². The monoisotopic (exact) mass is 1380 g/mol. The molecule has 4 aliphatic heterocycles. The first kappa shape index (κ1) is 71.4. The molecule has 4 aromatic carbocycles. The highest BCUT2D eigenvalue weighted by molar-refractivity contribution is 5.98. The Hall–Kier alpha value is -9.88. The summed E-state index contributed by atoms with van der Waals surface area (Å²) in [6, 6.07) is 25.1. The molecule has 8 bridgehead atoms. The van der Waals surface area contributed by atoms with Crippen molar-refractivity contribution in [1.29, 1.82) is 0 Å². The number of aliphatic carboxylic acids is 1. The number of esters is 1. The molecule has 6 heterocycles. The second-order valence-corrected chi connectivity index (χ2v) is 28.4. The number of carbonyl (C=O) groups is 8. The van der Waals surface area contributed by atoms with Gasteiger partial charge in [-0.3, -0.25) is 28.8 Å². The van der Waals surface area contributed by atoms with Crippen LogP contribution in [0.2, 0.25) is 0 Å². The number of carboxylic acid groups (broad SMARTS) is 1. The smallest absolute Gasteiger partial charge is 0.407 e. The first-order chi connectivity index (χ1) is 47.6. The molecule has 12 rings (SSSR count). The topological polar surface area (TPSA) is 285 Å². The Morgan fingerprint density at radius 3 is 1.37 bits per heavy atom. The van der Waals surface area contributed by atoms with Gasteiger partial charge in [0.15, 0.2) is 11.6 Å². The van der Waals surface area contributed by atoms with Gasteiger partial charge in [0.05, 0.1) is 77.9 Å². The molecule has 3 N–H and O–H groups in total. The van der Waals surface area contributed by atoms with Crippen molar-refractivity contribution in [2.24, 2.45) is 33.5 Å². The third-order valence-corrected chi connectivity index (χ3v) is 19.2. The number of Topliss-reactive ketones (excluding diaryl/α,β-unsaturated/α-hetero) is 2. The number of benzene rings is 4. The molecule has 6 aromatic rings. The number of carbonyl (C=O) groups excluding carboxylic acids is 7. The van der Waals surface area contributed by atoms with Gasteiger partial charge in [0, 0.05) is 48.6 Å². The number of alkyl halides is 4. The summed E-state index contributed by atoms with van der Waals surface area (Å²) in [4.78, 5) is 130. The summed E-state index contributed by atoms with van der Waals surface area (Å²) in [5.74, 6) is -7.20. The maximum Gasteiger partial charge on any atom is 0.407 e. The predicted octanol–water partition coefficient (Wildman–Crippen LogP) is 11.5. The van der Waals surface area contributed by atoms with Crippen LogP contribution in [0.25, 0.3) is 56.7 Å². The van der Waals surface area contributed by atoms with Crippen molar-refractivity contribution in [1.82, 2.24) is 40.4 Å². The number of amides is 4. The van der Waals surface area contributed by atoms with Crippen LogP contribution in [-0.4, -0.2) is 164 Å². The van der Waals surface area contributed by atoms with Crippen molar-refractivity contribution in [3.05, 3.63) is 120 Å². The number of cyclic esters (lactones) is 2. The molecule has 0 unspecified atom stereocenters. The number of ether oxygens (including phenoxy) is 5. The Kier molecular flexibility index (Phi) is 20.8. The third-order valence-electron chi connectivity index (χ3n) is 19.2. The van der Waals surface area contributed by atoms with E-state index in [-0.39, 0.29) is 70.4 Å². The molecule has 6 aliphatic rings. The number of hydrogen-bond donors (Lipinski definition) is 3. The fourth-order valence-electron chi connectivity index (χ4n) is 13.6. The van der Waals surface area contributed by atoms with Crippen LogP contribution < -0.4 is 20.1 Å². The van der Waals surface area contributed by atoms with Crippen LogP contribution in [0, 0.1) is 33.5 Å². The highest BCUT2D eigenvalue weighted by Gasteiger charge is 2.67. The average Bonchev–Trinajstić information content (AvgIpc) is 1.59. The van der Waals surface area contributed by atoms with Crippen molar-refractivity contribution < 1.29 is 84.7 Å². The lowest BCUT2D eigenvalue weighted by Gasteiger charge is -2.35. The molecule has 26 heteroatoms. The number of carboxylic acids is 1. The predicted molar refractivity (Wildman–Crippen MR) is 358 cm³/mol. The summed E-state index contributed by atoms with van der Waals surface area (Å²) >= 11 is 0. The summed E-state index contributed by atoms with van der Waals surface area (Å²) in [5, 5.41) is 15.2. The summed E-state index contributed by atoms with van der Waals surface area (Å²) in [6.07, 6.45) is -2.44. The number of nitrogens with one attached hydrogen (secondary N) is 2. The molecule has 100 heavy (non-hydrogen) atoms. The van der Waals surface area contributed by atoms with Gasteiger partial charge in [-0.2, -0.15) is 0 Å². The minimum Gasteiger partial charge on any atom is -0.481 e. The Bertz CT molecular complexity index is 4220. The van der Waals surface area contributed by atoms with Gasteiger partial charge in [0.1, 0.15) is 35.7 Å². The van der Waals surface area contributed by atoms with Crippen molar-refractivity contribution in [3.63, 3.8) is 0 Å². The molecular formula is C74H80F4N8O14. The number of halogens is 4. The zero-order valence-electron chi connectivity index (χ0n) is 56.5. The molecule has 528 valence electrons. The van der Waals surface area contributed by atoms with Gasteiger partial charge in [-0.25, -0.2) is 47.1 Å². The quantitative estimate of drug-likeness (QED) is 0.0617. The van der Waals surface area contributed by atoms with E-state index in [4.69, 9.17) is 43.6 Å². The second kappa shape index (κ2) is 29.1. The van der Waals surface area contributed by atoms with Gasteiger partial charge in [0.25, 0.3) is 0 Å². The lowest BCUT2D eigenvalue weighted by atomic mass is 9.85. The number of ketones is 2.